The summed E-state index contributed by atoms with van der Waals surface area (Å²) in [6, 6.07) is 8.14. The van der Waals surface area contributed by atoms with Gasteiger partial charge in [-0.25, -0.2) is 9.97 Å². The molecule has 0 bridgehead atoms. The number of nitrogens with one attached hydrogen (secondary N) is 1. The van der Waals surface area contributed by atoms with Crippen LogP contribution in [0.2, 0.25) is 5.02 Å². The number of likely N-dealkylation sites (N-methyl/N-ethyl adjacent to an activating group) is 1. The van der Waals surface area contributed by atoms with E-state index >= 15 is 0 Å². The van der Waals surface area contributed by atoms with Crippen molar-refractivity contribution in [1.82, 2.24) is 15.3 Å². The fourth-order valence-electron chi connectivity index (χ4n) is 3.99. The molecular weight excluding hydrogens is 382 g/mol. The average Bonchev–Trinajstić information content (AvgIpc) is 2.72. The minimum Gasteiger partial charge on any atom is -0.370 e. The van der Waals surface area contributed by atoms with Crippen LogP contribution in [0.1, 0.15) is 43.3 Å². The highest BCUT2D eigenvalue weighted by atomic mass is 35.5. The quantitative estimate of drug-likeness (QED) is 0.587. The Balaban J connectivity index is 1.48. The number of hydrogen-bond acceptors (Lipinski definition) is 5. The Morgan fingerprint density at radius 3 is 2.48 bits per heavy atom. The van der Waals surface area contributed by atoms with Crippen LogP contribution < -0.4 is 15.1 Å². The lowest BCUT2D eigenvalue weighted by molar-refractivity contribution is 0.635. The summed E-state index contributed by atoms with van der Waals surface area (Å²) < 4.78 is 0. The summed E-state index contributed by atoms with van der Waals surface area (Å²) in [5.41, 5.74) is 3.86. The number of aromatic nitrogens is 2. The molecule has 1 aliphatic rings. The molecule has 6 heteroatoms. The van der Waals surface area contributed by atoms with E-state index in [1.54, 1.807) is 0 Å². The minimum atomic E-state index is 0.786. The molecule has 1 heterocycles. The second kappa shape index (κ2) is 10.8. The molecule has 0 saturated heterocycles. The molecule has 29 heavy (non-hydrogen) atoms. The second-order valence-corrected chi connectivity index (χ2v) is 8.30. The molecule has 0 unspecified atom stereocenters. The van der Waals surface area contributed by atoms with E-state index in [2.05, 4.69) is 46.2 Å². The van der Waals surface area contributed by atoms with Crippen LogP contribution in [-0.4, -0.2) is 49.7 Å². The summed E-state index contributed by atoms with van der Waals surface area (Å²) in [6.07, 6.45) is 5.82. The van der Waals surface area contributed by atoms with Crippen LogP contribution in [0.4, 0.5) is 11.5 Å². The van der Waals surface area contributed by atoms with E-state index in [9.17, 15) is 0 Å². The van der Waals surface area contributed by atoms with Crippen molar-refractivity contribution >= 4 is 23.1 Å². The highest BCUT2D eigenvalue weighted by molar-refractivity contribution is 6.30. The molecule has 1 aromatic heterocycles. The standard InChI is InChI=1S/C23H34ClN5/c1-4-15-29(20-11-9-19(24)10-12-20)17-14-25-13-16-28(3)23-21-7-5-6-8-22(21)26-18(2)27-23/h9-12,25H,4-8,13-17H2,1-3H3. The first-order valence-electron chi connectivity index (χ1n) is 10.9. The van der Waals surface area contributed by atoms with E-state index in [4.69, 9.17) is 16.6 Å². The number of nitrogens with zero attached hydrogens (tertiary/aromatic N) is 4. The fourth-order valence-corrected chi connectivity index (χ4v) is 4.12. The van der Waals surface area contributed by atoms with E-state index in [1.165, 1.54) is 29.8 Å². The van der Waals surface area contributed by atoms with Crippen molar-refractivity contribution in [1.29, 1.82) is 0 Å². The van der Waals surface area contributed by atoms with Gasteiger partial charge in [0, 0.05) is 61.7 Å². The van der Waals surface area contributed by atoms with Gasteiger partial charge in [-0.2, -0.15) is 0 Å². The Kier molecular flexibility index (Phi) is 8.13. The van der Waals surface area contributed by atoms with Crippen LogP contribution >= 0.6 is 11.6 Å². The van der Waals surface area contributed by atoms with Crippen molar-refractivity contribution in [2.24, 2.45) is 0 Å². The topological polar surface area (TPSA) is 44.3 Å². The predicted molar refractivity (Wildman–Crippen MR) is 124 cm³/mol. The number of aryl methyl sites for hydroxylation is 2. The third-order valence-corrected chi connectivity index (χ3v) is 5.75. The van der Waals surface area contributed by atoms with Crippen molar-refractivity contribution in [3.05, 3.63) is 46.4 Å². The lowest BCUT2D eigenvalue weighted by Crippen LogP contribution is -2.36. The monoisotopic (exact) mass is 415 g/mol. The summed E-state index contributed by atoms with van der Waals surface area (Å²) in [7, 11) is 2.15. The third-order valence-electron chi connectivity index (χ3n) is 5.50. The average molecular weight is 416 g/mol. The maximum Gasteiger partial charge on any atom is 0.135 e. The zero-order chi connectivity index (χ0) is 20.6. The molecular formula is C23H34ClN5. The first-order valence-corrected chi connectivity index (χ1v) is 11.2. The van der Waals surface area contributed by atoms with E-state index < -0.39 is 0 Å². The number of halogens is 1. The van der Waals surface area contributed by atoms with Crippen molar-refractivity contribution in [2.45, 2.75) is 46.0 Å². The maximum atomic E-state index is 6.03. The molecule has 1 N–H and O–H groups in total. The number of fused-ring (bicyclic) bond motifs is 1. The van der Waals surface area contributed by atoms with E-state index in [1.807, 2.05) is 19.1 Å². The SMILES string of the molecule is CCCN(CCNCCN(C)c1nc(C)nc2c1CCCC2)c1ccc(Cl)cc1. The number of benzene rings is 1. The summed E-state index contributed by atoms with van der Waals surface area (Å²) in [6.45, 7) is 9.10. The largest absolute Gasteiger partial charge is 0.370 e. The molecule has 0 atom stereocenters. The van der Waals surface area contributed by atoms with Gasteiger partial charge in [0.25, 0.3) is 0 Å². The summed E-state index contributed by atoms with van der Waals surface area (Å²) in [5.74, 6) is 2.02. The van der Waals surface area contributed by atoms with Crippen molar-refractivity contribution in [3.63, 3.8) is 0 Å². The summed E-state index contributed by atoms with van der Waals surface area (Å²) in [4.78, 5) is 14.1. The molecule has 2 aromatic rings. The summed E-state index contributed by atoms with van der Waals surface area (Å²) >= 11 is 6.03. The molecule has 0 aliphatic heterocycles. The van der Waals surface area contributed by atoms with Crippen LogP contribution in [0.3, 0.4) is 0 Å². The van der Waals surface area contributed by atoms with Crippen LogP contribution in [-0.2, 0) is 12.8 Å². The minimum absolute atomic E-state index is 0.786. The molecule has 1 aromatic carbocycles. The maximum absolute atomic E-state index is 6.03. The Labute approximate surface area is 180 Å². The Hall–Kier alpha value is -1.85. The van der Waals surface area contributed by atoms with Gasteiger partial charge < -0.3 is 15.1 Å². The predicted octanol–water partition coefficient (Wildman–Crippen LogP) is 4.26. The molecule has 0 fully saturated rings. The summed E-state index contributed by atoms with van der Waals surface area (Å²) in [5, 5.41) is 4.38. The Morgan fingerprint density at radius 1 is 1.00 bits per heavy atom. The van der Waals surface area contributed by atoms with Gasteiger partial charge in [0.2, 0.25) is 0 Å². The fraction of sp³-hybridized carbons (Fsp3) is 0.565. The van der Waals surface area contributed by atoms with Crippen LogP contribution in [0.5, 0.6) is 0 Å². The zero-order valence-corrected chi connectivity index (χ0v) is 18.8. The lowest BCUT2D eigenvalue weighted by Gasteiger charge is -2.26. The third kappa shape index (κ3) is 6.06. The lowest BCUT2D eigenvalue weighted by atomic mass is 9.96. The molecule has 1 aliphatic carbocycles. The van der Waals surface area contributed by atoms with Crippen molar-refractivity contribution in [2.75, 3.05) is 49.6 Å². The molecule has 5 nitrogen and oxygen atoms in total. The molecule has 0 saturated carbocycles. The van der Waals surface area contributed by atoms with Gasteiger partial charge in [-0.1, -0.05) is 18.5 Å². The van der Waals surface area contributed by atoms with Gasteiger partial charge >= 0.3 is 0 Å². The smallest absolute Gasteiger partial charge is 0.135 e. The molecule has 0 radical (unpaired) electrons. The molecule has 0 amide bonds. The van der Waals surface area contributed by atoms with Crippen LogP contribution in [0, 0.1) is 6.92 Å². The van der Waals surface area contributed by atoms with Gasteiger partial charge in [0.1, 0.15) is 11.6 Å². The van der Waals surface area contributed by atoms with Gasteiger partial charge in [-0.3, -0.25) is 0 Å². The van der Waals surface area contributed by atoms with Gasteiger partial charge in [0.15, 0.2) is 0 Å². The first-order chi connectivity index (χ1) is 14.1. The van der Waals surface area contributed by atoms with Crippen LogP contribution in [0.15, 0.2) is 24.3 Å². The highest BCUT2D eigenvalue weighted by Gasteiger charge is 2.19. The molecule has 158 valence electrons. The molecule has 0 spiro atoms. The van der Waals surface area contributed by atoms with E-state index in [0.29, 0.717) is 0 Å². The number of anilines is 2. The zero-order valence-electron chi connectivity index (χ0n) is 18.0. The normalized spacial score (nSPS) is 13.2. The second-order valence-electron chi connectivity index (χ2n) is 7.86. The molecule has 3 rings (SSSR count). The van der Waals surface area contributed by atoms with Crippen molar-refractivity contribution < 1.29 is 0 Å². The first kappa shape index (κ1) is 21.8. The highest BCUT2D eigenvalue weighted by Crippen LogP contribution is 2.27. The Morgan fingerprint density at radius 2 is 1.72 bits per heavy atom. The van der Waals surface area contributed by atoms with E-state index in [0.717, 1.165) is 68.7 Å². The number of rotatable bonds is 10. The Bertz CT molecular complexity index is 778. The number of hydrogen-bond donors (Lipinski definition) is 1. The van der Waals surface area contributed by atoms with Gasteiger partial charge in [-0.05, 0) is 63.3 Å². The van der Waals surface area contributed by atoms with Crippen molar-refractivity contribution in [3.8, 4) is 0 Å². The van der Waals surface area contributed by atoms with E-state index in [-0.39, 0.29) is 0 Å². The van der Waals surface area contributed by atoms with Gasteiger partial charge in [-0.15, -0.1) is 0 Å². The van der Waals surface area contributed by atoms with Crippen LogP contribution in [0.25, 0.3) is 0 Å². The van der Waals surface area contributed by atoms with Gasteiger partial charge in [0.05, 0.1) is 0 Å².